The van der Waals surface area contributed by atoms with Crippen LogP contribution in [0.3, 0.4) is 0 Å². The Balaban J connectivity index is 2.05. The van der Waals surface area contributed by atoms with Crippen molar-refractivity contribution in [3.8, 4) is 11.8 Å². The first-order chi connectivity index (χ1) is 15.2. The molecule has 3 rings (SSSR count). The average molecular weight is 430 g/mol. The molecule has 0 radical (unpaired) electrons. The van der Waals surface area contributed by atoms with Gasteiger partial charge in [0, 0.05) is 5.56 Å². The summed E-state index contributed by atoms with van der Waals surface area (Å²) in [6, 6.07) is 15.2. The molecule has 5 heteroatoms. The van der Waals surface area contributed by atoms with E-state index in [4.69, 9.17) is 9.47 Å². The van der Waals surface area contributed by atoms with Crippen LogP contribution in [0.25, 0.3) is 6.08 Å². The molecule has 32 heavy (non-hydrogen) atoms. The van der Waals surface area contributed by atoms with Crippen molar-refractivity contribution in [2.24, 2.45) is 0 Å². The molecule has 0 saturated heterocycles. The monoisotopic (exact) mass is 429 g/mol. The van der Waals surface area contributed by atoms with E-state index < -0.39 is 18.0 Å². The Labute approximate surface area is 189 Å². The van der Waals surface area contributed by atoms with E-state index in [9.17, 15) is 9.59 Å². The molecule has 5 nitrogen and oxygen atoms in total. The lowest BCUT2D eigenvalue weighted by Crippen LogP contribution is -2.38. The molecule has 1 aliphatic rings. The first kappa shape index (κ1) is 22.9. The summed E-state index contributed by atoms with van der Waals surface area (Å²) < 4.78 is 9.71. The standard InChI is InChI=1S/C27H27NO4/c1-27(2,3)21-14-10-19(11-15-21)12-16-22-17-13-20-8-6-7-9-23(20)28(22)24(26(30)32-5)18-25(29)31-4/h6-11,13-15,17-18,22H,1-5H3/b24-18+/t22-/m0/s1. The number of esters is 2. The van der Waals surface area contributed by atoms with Crippen molar-refractivity contribution in [3.05, 3.63) is 83.1 Å². The minimum Gasteiger partial charge on any atom is -0.466 e. The van der Waals surface area contributed by atoms with Crippen LogP contribution in [0.1, 0.15) is 37.5 Å². The predicted octanol–water partition coefficient (Wildman–Crippen LogP) is 4.47. The largest absolute Gasteiger partial charge is 0.466 e. The quantitative estimate of drug-likeness (QED) is 0.409. The summed E-state index contributed by atoms with van der Waals surface area (Å²) >= 11 is 0. The average Bonchev–Trinajstić information content (AvgIpc) is 2.80. The van der Waals surface area contributed by atoms with Crippen LogP contribution in [-0.4, -0.2) is 32.2 Å². The maximum atomic E-state index is 12.6. The molecular weight excluding hydrogens is 402 g/mol. The van der Waals surface area contributed by atoms with E-state index in [2.05, 4.69) is 44.7 Å². The minimum absolute atomic E-state index is 0.0542. The molecule has 0 unspecified atom stereocenters. The van der Waals surface area contributed by atoms with Gasteiger partial charge in [0.15, 0.2) is 0 Å². The van der Waals surface area contributed by atoms with Gasteiger partial charge in [-0.05, 0) is 40.8 Å². The summed E-state index contributed by atoms with van der Waals surface area (Å²) in [7, 11) is 2.53. The zero-order valence-electron chi connectivity index (χ0n) is 19.0. The normalized spacial score (nSPS) is 15.3. The van der Waals surface area contributed by atoms with Crippen LogP contribution >= 0.6 is 0 Å². The molecule has 0 aliphatic carbocycles. The number of rotatable bonds is 3. The van der Waals surface area contributed by atoms with E-state index >= 15 is 0 Å². The molecule has 0 bridgehead atoms. The Kier molecular flexibility index (Phi) is 6.85. The van der Waals surface area contributed by atoms with Crippen LogP contribution in [0.2, 0.25) is 0 Å². The maximum absolute atomic E-state index is 12.6. The number of carbonyl (C=O) groups is 2. The number of anilines is 1. The van der Waals surface area contributed by atoms with Crippen molar-refractivity contribution in [3.63, 3.8) is 0 Å². The number of fused-ring (bicyclic) bond motifs is 1. The number of methoxy groups -OCH3 is 2. The fraction of sp³-hybridized carbons (Fsp3) is 0.259. The second kappa shape index (κ2) is 9.57. The van der Waals surface area contributed by atoms with Gasteiger partial charge < -0.3 is 14.4 Å². The SMILES string of the molecule is COC(=O)/C=C(\C(=O)OC)N1c2ccccc2C=C[C@@H]1C#Cc1ccc(C(C)(C)C)cc1. The number of carbonyl (C=O) groups excluding carboxylic acids is 2. The van der Waals surface area contributed by atoms with E-state index in [-0.39, 0.29) is 11.1 Å². The molecule has 0 saturated carbocycles. The van der Waals surface area contributed by atoms with Crippen LogP contribution in [-0.2, 0) is 24.5 Å². The van der Waals surface area contributed by atoms with Crippen molar-refractivity contribution < 1.29 is 19.1 Å². The second-order valence-electron chi connectivity index (χ2n) is 8.37. The van der Waals surface area contributed by atoms with Gasteiger partial charge in [-0.1, -0.05) is 69.0 Å². The summed E-state index contributed by atoms with van der Waals surface area (Å²) in [5.74, 6) is 5.12. The highest BCUT2D eigenvalue weighted by Crippen LogP contribution is 2.32. The third-order valence-electron chi connectivity index (χ3n) is 5.16. The summed E-state index contributed by atoms with van der Waals surface area (Å²) in [4.78, 5) is 26.3. The molecule has 0 spiro atoms. The van der Waals surface area contributed by atoms with Crippen LogP contribution in [0.5, 0.6) is 0 Å². The smallest absolute Gasteiger partial charge is 0.355 e. The van der Waals surface area contributed by atoms with Crippen LogP contribution < -0.4 is 4.90 Å². The summed E-state index contributed by atoms with van der Waals surface area (Å²) in [5.41, 5.74) is 3.86. The van der Waals surface area contributed by atoms with Gasteiger partial charge in [-0.2, -0.15) is 0 Å². The highest BCUT2D eigenvalue weighted by Gasteiger charge is 2.29. The van der Waals surface area contributed by atoms with Gasteiger partial charge in [-0.3, -0.25) is 0 Å². The molecule has 164 valence electrons. The van der Waals surface area contributed by atoms with E-state index in [1.807, 2.05) is 48.6 Å². The summed E-state index contributed by atoms with van der Waals surface area (Å²) in [6.45, 7) is 6.49. The lowest BCUT2D eigenvalue weighted by atomic mass is 9.87. The number of para-hydroxylation sites is 1. The fourth-order valence-electron chi connectivity index (χ4n) is 3.38. The number of ether oxygens (including phenoxy) is 2. The topological polar surface area (TPSA) is 55.8 Å². The molecule has 0 aromatic heterocycles. The van der Waals surface area contributed by atoms with Crippen LogP contribution in [0.4, 0.5) is 5.69 Å². The third-order valence-corrected chi connectivity index (χ3v) is 5.16. The number of hydrogen-bond donors (Lipinski definition) is 0. The Morgan fingerprint density at radius 1 is 1.00 bits per heavy atom. The van der Waals surface area contributed by atoms with Gasteiger partial charge >= 0.3 is 11.9 Å². The predicted molar refractivity (Wildman–Crippen MR) is 126 cm³/mol. The van der Waals surface area contributed by atoms with E-state index in [1.165, 1.54) is 19.8 Å². The third kappa shape index (κ3) is 5.09. The molecule has 1 atom stereocenters. The lowest BCUT2D eigenvalue weighted by molar-refractivity contribution is -0.138. The molecule has 1 heterocycles. The number of benzene rings is 2. The van der Waals surface area contributed by atoms with Crippen molar-refractivity contribution in [2.75, 3.05) is 19.1 Å². The number of nitrogens with zero attached hydrogens (tertiary/aromatic N) is 1. The number of hydrogen-bond acceptors (Lipinski definition) is 5. The van der Waals surface area contributed by atoms with E-state index in [1.54, 1.807) is 4.90 Å². The second-order valence-corrected chi connectivity index (χ2v) is 8.37. The minimum atomic E-state index is -0.651. The molecule has 1 aliphatic heterocycles. The molecular formula is C27H27NO4. The highest BCUT2D eigenvalue weighted by atomic mass is 16.5. The van der Waals surface area contributed by atoms with E-state index in [0.717, 1.165) is 22.9 Å². The zero-order valence-corrected chi connectivity index (χ0v) is 19.0. The Bertz CT molecular complexity index is 1120. The van der Waals surface area contributed by atoms with Crippen molar-refractivity contribution in [2.45, 2.75) is 32.2 Å². The summed E-state index contributed by atoms with van der Waals surface area (Å²) in [5, 5.41) is 0. The molecule has 2 aromatic carbocycles. The zero-order chi connectivity index (χ0) is 23.3. The highest BCUT2D eigenvalue weighted by molar-refractivity contribution is 6.00. The lowest BCUT2D eigenvalue weighted by Gasteiger charge is -2.33. The first-order valence-corrected chi connectivity index (χ1v) is 10.3. The van der Waals surface area contributed by atoms with Gasteiger partial charge in [0.1, 0.15) is 11.7 Å². The van der Waals surface area contributed by atoms with Gasteiger partial charge in [0.25, 0.3) is 0 Å². The first-order valence-electron chi connectivity index (χ1n) is 10.3. The van der Waals surface area contributed by atoms with E-state index in [0.29, 0.717) is 0 Å². The van der Waals surface area contributed by atoms with Crippen molar-refractivity contribution >= 4 is 23.7 Å². The Morgan fingerprint density at radius 2 is 1.69 bits per heavy atom. The Morgan fingerprint density at radius 3 is 2.31 bits per heavy atom. The molecule has 0 fully saturated rings. The van der Waals surface area contributed by atoms with Gasteiger partial charge in [0.05, 0.1) is 26.0 Å². The van der Waals surface area contributed by atoms with Crippen LogP contribution in [0.15, 0.2) is 66.4 Å². The molecule has 0 amide bonds. The van der Waals surface area contributed by atoms with Gasteiger partial charge in [-0.15, -0.1) is 0 Å². The van der Waals surface area contributed by atoms with Gasteiger partial charge in [0.2, 0.25) is 0 Å². The Hall–Kier alpha value is -3.78. The van der Waals surface area contributed by atoms with Crippen molar-refractivity contribution in [1.29, 1.82) is 0 Å². The maximum Gasteiger partial charge on any atom is 0.355 e. The molecule has 2 aromatic rings. The fourth-order valence-corrected chi connectivity index (χ4v) is 3.38. The van der Waals surface area contributed by atoms with Gasteiger partial charge in [-0.25, -0.2) is 9.59 Å². The summed E-state index contributed by atoms with van der Waals surface area (Å²) in [6.07, 6.45) is 4.99. The molecule has 0 N–H and O–H groups in total. The van der Waals surface area contributed by atoms with Crippen molar-refractivity contribution in [1.82, 2.24) is 0 Å². The van der Waals surface area contributed by atoms with Crippen LogP contribution in [0, 0.1) is 11.8 Å².